The number of rotatable bonds is 4. The summed E-state index contributed by atoms with van der Waals surface area (Å²) in [5.41, 5.74) is 4.46. The van der Waals surface area contributed by atoms with Gasteiger partial charge in [0.1, 0.15) is 0 Å². The number of amides is 1. The number of thiophene rings is 1. The van der Waals surface area contributed by atoms with Gasteiger partial charge in [0.2, 0.25) is 0 Å². The molecule has 114 valence electrons. The molecule has 0 aliphatic carbocycles. The zero-order valence-electron chi connectivity index (χ0n) is 12.4. The minimum Gasteiger partial charge on any atom is -0.267 e. The molecule has 1 heterocycles. The second-order valence-electron chi connectivity index (χ2n) is 4.77. The number of hydrogen-bond donors (Lipinski definition) is 1. The van der Waals surface area contributed by atoms with Gasteiger partial charge in [-0.25, -0.2) is 5.43 Å². The highest BCUT2D eigenvalue weighted by molar-refractivity contribution is 7.12. The number of nitro benzene ring substituents is 1. The van der Waals surface area contributed by atoms with Crippen LogP contribution in [0, 0.1) is 24.0 Å². The van der Waals surface area contributed by atoms with E-state index in [-0.39, 0.29) is 5.69 Å². The lowest BCUT2D eigenvalue weighted by atomic mass is 10.2. The lowest BCUT2D eigenvalue weighted by molar-refractivity contribution is -0.384. The van der Waals surface area contributed by atoms with E-state index in [0.29, 0.717) is 5.56 Å². The zero-order valence-corrected chi connectivity index (χ0v) is 13.2. The molecule has 1 amide bonds. The van der Waals surface area contributed by atoms with Crippen molar-refractivity contribution in [3.63, 3.8) is 0 Å². The van der Waals surface area contributed by atoms with Gasteiger partial charge in [-0.05, 0) is 39.0 Å². The topological polar surface area (TPSA) is 84.6 Å². The number of nitrogens with zero attached hydrogens (tertiary/aromatic N) is 2. The fraction of sp³-hybridized carbons (Fsp3) is 0.200. The summed E-state index contributed by atoms with van der Waals surface area (Å²) in [4.78, 5) is 24.4. The molecule has 1 N–H and O–H groups in total. The first-order valence-electron chi connectivity index (χ1n) is 6.55. The molecular weight excluding hydrogens is 302 g/mol. The molecule has 2 rings (SSSR count). The molecule has 0 saturated heterocycles. The molecule has 6 nitrogen and oxygen atoms in total. The molecule has 0 radical (unpaired) electrons. The zero-order chi connectivity index (χ0) is 16.3. The molecule has 0 fully saturated rings. The number of nitrogens with one attached hydrogen (secondary N) is 1. The summed E-state index contributed by atoms with van der Waals surface area (Å²) in [6.45, 7) is 5.85. The third kappa shape index (κ3) is 3.56. The summed E-state index contributed by atoms with van der Waals surface area (Å²) in [5, 5.41) is 14.7. The third-order valence-electron chi connectivity index (χ3n) is 3.10. The van der Waals surface area contributed by atoms with E-state index in [9.17, 15) is 14.9 Å². The molecule has 0 aliphatic heterocycles. The minimum atomic E-state index is -0.508. The van der Waals surface area contributed by atoms with Crippen LogP contribution in [0.25, 0.3) is 0 Å². The largest absolute Gasteiger partial charge is 0.271 e. The van der Waals surface area contributed by atoms with Crippen LogP contribution in [0.2, 0.25) is 0 Å². The van der Waals surface area contributed by atoms with E-state index in [1.807, 2.05) is 26.8 Å². The highest BCUT2D eigenvalue weighted by Gasteiger charge is 2.10. The molecule has 0 bridgehead atoms. The van der Waals surface area contributed by atoms with E-state index in [0.717, 1.165) is 16.2 Å². The van der Waals surface area contributed by atoms with Crippen LogP contribution < -0.4 is 5.43 Å². The normalized spacial score (nSPS) is 11.3. The van der Waals surface area contributed by atoms with Crippen LogP contribution >= 0.6 is 11.3 Å². The van der Waals surface area contributed by atoms with Gasteiger partial charge in [-0.3, -0.25) is 14.9 Å². The second kappa shape index (κ2) is 6.48. The lowest BCUT2D eigenvalue weighted by Gasteiger charge is -2.02. The summed E-state index contributed by atoms with van der Waals surface area (Å²) in [6, 6.07) is 7.41. The molecule has 0 saturated carbocycles. The Morgan fingerprint density at radius 1 is 1.27 bits per heavy atom. The fourth-order valence-electron chi connectivity index (χ4n) is 1.98. The highest BCUT2D eigenvalue weighted by atomic mass is 32.1. The van der Waals surface area contributed by atoms with Crippen molar-refractivity contribution in [2.24, 2.45) is 5.10 Å². The first kappa shape index (κ1) is 15.8. The maximum atomic E-state index is 12.0. The van der Waals surface area contributed by atoms with E-state index in [1.54, 1.807) is 11.3 Å². The Hall–Kier alpha value is -2.54. The number of hydrogen-bond acceptors (Lipinski definition) is 5. The van der Waals surface area contributed by atoms with Gasteiger partial charge in [0.05, 0.1) is 10.6 Å². The number of carbonyl (C=O) groups is 1. The SMILES string of the molecule is C/C(=N/NC(=O)c1ccc([N+](=O)[O-])cc1)c1cc(C)sc1C. The molecule has 22 heavy (non-hydrogen) atoms. The third-order valence-corrected chi connectivity index (χ3v) is 4.06. The number of nitro groups is 1. The van der Waals surface area contributed by atoms with Crippen LogP contribution in [0.15, 0.2) is 35.4 Å². The van der Waals surface area contributed by atoms with Crippen molar-refractivity contribution in [2.75, 3.05) is 0 Å². The maximum Gasteiger partial charge on any atom is 0.271 e. The summed E-state index contributed by atoms with van der Waals surface area (Å²) in [6.07, 6.45) is 0. The van der Waals surface area contributed by atoms with Gasteiger partial charge in [0.25, 0.3) is 11.6 Å². The van der Waals surface area contributed by atoms with Crippen molar-refractivity contribution in [3.05, 3.63) is 61.3 Å². The average Bonchev–Trinajstić information content (AvgIpc) is 2.83. The highest BCUT2D eigenvalue weighted by Crippen LogP contribution is 2.21. The van der Waals surface area contributed by atoms with Gasteiger partial charge in [0, 0.05) is 33.0 Å². The van der Waals surface area contributed by atoms with E-state index in [4.69, 9.17) is 0 Å². The quantitative estimate of drug-likeness (QED) is 0.532. The first-order chi connectivity index (χ1) is 10.4. The van der Waals surface area contributed by atoms with Gasteiger partial charge < -0.3 is 0 Å². The number of benzene rings is 1. The molecule has 0 atom stereocenters. The summed E-state index contributed by atoms with van der Waals surface area (Å²) >= 11 is 1.68. The van der Waals surface area contributed by atoms with Crippen molar-refractivity contribution < 1.29 is 9.72 Å². The molecule has 2 aromatic rings. The van der Waals surface area contributed by atoms with Crippen LogP contribution in [-0.2, 0) is 0 Å². The van der Waals surface area contributed by atoms with E-state index in [2.05, 4.69) is 10.5 Å². The van der Waals surface area contributed by atoms with Crippen LogP contribution in [0.1, 0.15) is 32.6 Å². The Kier molecular flexibility index (Phi) is 4.67. The summed E-state index contributed by atoms with van der Waals surface area (Å²) in [5.74, 6) is -0.404. The summed E-state index contributed by atoms with van der Waals surface area (Å²) < 4.78 is 0. The van der Waals surface area contributed by atoms with Gasteiger partial charge in [-0.1, -0.05) is 0 Å². The number of hydrazone groups is 1. The molecule has 7 heteroatoms. The first-order valence-corrected chi connectivity index (χ1v) is 7.36. The minimum absolute atomic E-state index is 0.0550. The van der Waals surface area contributed by atoms with Crippen molar-refractivity contribution in [1.82, 2.24) is 5.43 Å². The molecule has 0 unspecified atom stereocenters. The Bertz CT molecular complexity index is 748. The maximum absolute atomic E-state index is 12.0. The predicted molar refractivity (Wildman–Crippen MR) is 86.6 cm³/mol. The lowest BCUT2D eigenvalue weighted by Crippen LogP contribution is -2.19. The van der Waals surface area contributed by atoms with E-state index in [1.165, 1.54) is 29.1 Å². The molecule has 1 aromatic carbocycles. The monoisotopic (exact) mass is 317 g/mol. The van der Waals surface area contributed by atoms with Crippen molar-refractivity contribution >= 4 is 28.6 Å². The number of non-ortho nitro benzene ring substituents is 1. The number of carbonyl (C=O) groups excluding carboxylic acids is 1. The fourth-order valence-corrected chi connectivity index (χ4v) is 2.96. The van der Waals surface area contributed by atoms with Crippen LogP contribution in [0.3, 0.4) is 0 Å². The van der Waals surface area contributed by atoms with Crippen LogP contribution in [-0.4, -0.2) is 16.5 Å². The Morgan fingerprint density at radius 3 is 2.41 bits per heavy atom. The van der Waals surface area contributed by atoms with Crippen LogP contribution in [0.4, 0.5) is 5.69 Å². The summed E-state index contributed by atoms with van der Waals surface area (Å²) in [7, 11) is 0. The van der Waals surface area contributed by atoms with Gasteiger partial charge >= 0.3 is 0 Å². The molecule has 0 aliphatic rings. The molecular formula is C15H15N3O3S. The van der Waals surface area contributed by atoms with Gasteiger partial charge in [0.15, 0.2) is 0 Å². The van der Waals surface area contributed by atoms with Gasteiger partial charge in [-0.2, -0.15) is 5.10 Å². The Labute approximate surface area is 131 Å². The molecule has 1 aromatic heterocycles. The smallest absolute Gasteiger partial charge is 0.267 e. The van der Waals surface area contributed by atoms with E-state index < -0.39 is 10.8 Å². The van der Waals surface area contributed by atoms with Crippen molar-refractivity contribution in [2.45, 2.75) is 20.8 Å². The standard InChI is InChI=1S/C15H15N3O3S/c1-9-8-14(11(3)22-9)10(2)16-17-15(19)12-4-6-13(7-5-12)18(20)21/h4-8H,1-3H3,(H,17,19)/b16-10-. The van der Waals surface area contributed by atoms with Crippen LogP contribution in [0.5, 0.6) is 0 Å². The van der Waals surface area contributed by atoms with Crippen molar-refractivity contribution in [1.29, 1.82) is 0 Å². The second-order valence-corrected chi connectivity index (χ2v) is 6.23. The average molecular weight is 317 g/mol. The molecule has 0 spiro atoms. The Balaban J connectivity index is 2.10. The Morgan fingerprint density at radius 2 is 1.91 bits per heavy atom. The van der Waals surface area contributed by atoms with Gasteiger partial charge in [-0.15, -0.1) is 11.3 Å². The predicted octanol–water partition coefficient (Wildman–Crippen LogP) is 3.43. The van der Waals surface area contributed by atoms with E-state index >= 15 is 0 Å². The van der Waals surface area contributed by atoms with Crippen molar-refractivity contribution in [3.8, 4) is 0 Å². The number of aryl methyl sites for hydroxylation is 2.